The first-order valence-corrected chi connectivity index (χ1v) is 14.2. The number of aliphatic hydroxyl groups excluding tert-OH is 1. The number of halogens is 3. The van der Waals surface area contributed by atoms with Gasteiger partial charge in [-0.3, -0.25) is 14.9 Å². The number of nitrogens with zero attached hydrogens (tertiary/aromatic N) is 3. The molecule has 2 aromatic carbocycles. The van der Waals surface area contributed by atoms with Crippen molar-refractivity contribution in [1.29, 1.82) is 0 Å². The average Bonchev–Trinajstić information content (AvgIpc) is 3.75. The first-order valence-electron chi connectivity index (χ1n) is 14.2. The number of pyridine rings is 1. The van der Waals surface area contributed by atoms with E-state index in [0.29, 0.717) is 48.9 Å². The number of likely N-dealkylation sites (tertiary alicyclic amines) is 1. The molecule has 0 spiro atoms. The maximum atomic E-state index is 13.3. The first-order chi connectivity index (χ1) is 20.2. The normalized spacial score (nSPS) is 18.1. The van der Waals surface area contributed by atoms with Crippen LogP contribution in [-0.2, 0) is 0 Å². The molecule has 1 saturated heterocycles. The second-order valence-electron chi connectivity index (χ2n) is 11.1. The summed E-state index contributed by atoms with van der Waals surface area (Å²) in [6.07, 6.45) is -2.04. The third-order valence-electron chi connectivity index (χ3n) is 7.99. The highest BCUT2D eigenvalue weighted by atomic mass is 19.4. The first kappa shape index (κ1) is 28.2. The van der Waals surface area contributed by atoms with Gasteiger partial charge in [-0.2, -0.15) is 18.3 Å². The fourth-order valence-electron chi connectivity index (χ4n) is 5.46. The fraction of sp³-hybridized carbons (Fsp3) is 0.387. The maximum absolute atomic E-state index is 13.3. The number of alkyl halides is 3. The maximum Gasteiger partial charge on any atom is 0.415 e. The van der Waals surface area contributed by atoms with E-state index >= 15 is 0 Å². The minimum absolute atomic E-state index is 0.118. The lowest BCUT2D eigenvalue weighted by Gasteiger charge is -2.33. The molecular formula is C31H32F3N5O3. The molecule has 2 aliphatic rings. The van der Waals surface area contributed by atoms with Gasteiger partial charge in [0.25, 0.3) is 5.91 Å². The summed E-state index contributed by atoms with van der Waals surface area (Å²) in [6, 6.07) is 18.6. The summed E-state index contributed by atoms with van der Waals surface area (Å²) in [4.78, 5) is 19.3. The van der Waals surface area contributed by atoms with Gasteiger partial charge in [0.1, 0.15) is 11.9 Å². The number of piperidine rings is 1. The minimum atomic E-state index is -4.61. The molecular weight excluding hydrogens is 547 g/mol. The molecule has 3 heterocycles. The molecule has 6 rings (SSSR count). The van der Waals surface area contributed by atoms with E-state index in [9.17, 15) is 23.1 Å². The molecule has 1 aliphatic carbocycles. The topological polar surface area (TPSA) is 103 Å². The van der Waals surface area contributed by atoms with E-state index in [-0.39, 0.29) is 18.1 Å². The Labute approximate surface area is 240 Å². The average molecular weight is 580 g/mol. The summed E-state index contributed by atoms with van der Waals surface area (Å²) in [5, 5.41) is 20.9. The molecule has 8 nitrogen and oxygen atoms in total. The monoisotopic (exact) mass is 579 g/mol. The molecule has 2 aromatic heterocycles. The summed E-state index contributed by atoms with van der Waals surface area (Å²) in [5.41, 5.74) is 3.79. The summed E-state index contributed by atoms with van der Waals surface area (Å²) >= 11 is 0. The molecule has 1 unspecified atom stereocenters. The van der Waals surface area contributed by atoms with E-state index in [1.165, 1.54) is 0 Å². The van der Waals surface area contributed by atoms with Crippen molar-refractivity contribution in [3.8, 4) is 17.0 Å². The quantitative estimate of drug-likeness (QED) is 0.250. The molecule has 2 atom stereocenters. The Morgan fingerprint density at radius 3 is 2.50 bits per heavy atom. The van der Waals surface area contributed by atoms with E-state index in [4.69, 9.17) is 4.74 Å². The van der Waals surface area contributed by atoms with Crippen LogP contribution in [0.1, 0.15) is 47.8 Å². The van der Waals surface area contributed by atoms with Gasteiger partial charge in [-0.1, -0.05) is 6.07 Å². The van der Waals surface area contributed by atoms with Crippen LogP contribution in [0, 0.1) is 5.92 Å². The Morgan fingerprint density at radius 2 is 1.83 bits per heavy atom. The van der Waals surface area contributed by atoms with E-state index < -0.39 is 18.8 Å². The number of fused-ring (bicyclic) bond motifs is 1. The summed E-state index contributed by atoms with van der Waals surface area (Å²) in [6.45, 7) is 0.430. The number of hydrogen-bond acceptors (Lipinski definition) is 6. The van der Waals surface area contributed by atoms with Crippen molar-refractivity contribution in [2.45, 2.75) is 50.1 Å². The number of nitrogens with one attached hydrogen (secondary N) is 2. The van der Waals surface area contributed by atoms with Crippen LogP contribution in [0.3, 0.4) is 0 Å². The third kappa shape index (κ3) is 6.42. The van der Waals surface area contributed by atoms with Crippen molar-refractivity contribution in [2.75, 3.05) is 19.6 Å². The van der Waals surface area contributed by atoms with Gasteiger partial charge in [0.15, 0.2) is 6.10 Å². The van der Waals surface area contributed by atoms with Crippen molar-refractivity contribution in [2.24, 2.45) is 5.92 Å². The lowest BCUT2D eigenvalue weighted by Crippen LogP contribution is -2.45. The van der Waals surface area contributed by atoms with Crippen LogP contribution in [0.4, 0.5) is 13.2 Å². The number of H-pyrrole nitrogens is 1. The smallest absolute Gasteiger partial charge is 0.415 e. The van der Waals surface area contributed by atoms with Gasteiger partial charge in [-0.25, -0.2) is 0 Å². The number of rotatable bonds is 9. The molecule has 0 radical (unpaired) electrons. The van der Waals surface area contributed by atoms with Gasteiger partial charge in [-0.15, -0.1) is 0 Å². The van der Waals surface area contributed by atoms with Crippen LogP contribution in [0.5, 0.6) is 5.75 Å². The van der Waals surface area contributed by atoms with Gasteiger partial charge in [-0.05, 0) is 86.2 Å². The van der Waals surface area contributed by atoms with Crippen LogP contribution >= 0.6 is 0 Å². The Balaban J connectivity index is 1.10. The molecule has 220 valence electrons. The number of carbonyl (C=O) groups is 1. The van der Waals surface area contributed by atoms with Crippen LogP contribution in [0.2, 0.25) is 0 Å². The number of β-amino-alcohol motifs (C(OH)–C–C–N with tert-alkyl or cyclic N) is 1. The van der Waals surface area contributed by atoms with Crippen molar-refractivity contribution in [3.63, 3.8) is 0 Å². The highest BCUT2D eigenvalue weighted by Gasteiger charge is 2.39. The number of hydrogen-bond donors (Lipinski definition) is 3. The number of aromatic amines is 1. The number of amides is 1. The predicted octanol–water partition coefficient (Wildman–Crippen LogP) is 5.27. The Kier molecular flexibility index (Phi) is 7.87. The zero-order valence-corrected chi connectivity index (χ0v) is 22.8. The van der Waals surface area contributed by atoms with E-state index in [1.54, 1.807) is 17.2 Å². The SMILES string of the molecule is O=C(NC(c1ccccn1)C1CC1)c1ccc2[nH]nc(-c3ccc(OC4CCN(C[C@@H](O)C(F)(F)F)CC4)cc3)c2c1. The predicted molar refractivity (Wildman–Crippen MR) is 151 cm³/mol. The highest BCUT2D eigenvalue weighted by molar-refractivity contribution is 6.01. The van der Waals surface area contributed by atoms with E-state index in [0.717, 1.165) is 35.0 Å². The highest BCUT2D eigenvalue weighted by Crippen LogP contribution is 2.40. The largest absolute Gasteiger partial charge is 0.490 e. The van der Waals surface area contributed by atoms with E-state index in [1.807, 2.05) is 54.6 Å². The van der Waals surface area contributed by atoms with Crippen LogP contribution in [-0.4, -0.2) is 69.1 Å². The van der Waals surface area contributed by atoms with Crippen molar-refractivity contribution in [1.82, 2.24) is 25.4 Å². The van der Waals surface area contributed by atoms with Crippen LogP contribution in [0.25, 0.3) is 22.2 Å². The molecule has 4 aromatic rings. The van der Waals surface area contributed by atoms with Crippen molar-refractivity contribution >= 4 is 16.8 Å². The van der Waals surface area contributed by atoms with Gasteiger partial charge in [0, 0.05) is 42.3 Å². The zero-order chi connectivity index (χ0) is 29.3. The second-order valence-corrected chi connectivity index (χ2v) is 11.1. The molecule has 1 saturated carbocycles. The Morgan fingerprint density at radius 1 is 1.07 bits per heavy atom. The summed E-state index contributed by atoms with van der Waals surface area (Å²) in [5.74, 6) is 0.898. The van der Waals surface area contributed by atoms with Gasteiger partial charge in [0.05, 0.1) is 22.9 Å². The molecule has 2 fully saturated rings. The van der Waals surface area contributed by atoms with Crippen LogP contribution in [0.15, 0.2) is 66.9 Å². The summed E-state index contributed by atoms with van der Waals surface area (Å²) in [7, 11) is 0. The number of carbonyl (C=O) groups excluding carboxylic acids is 1. The lowest BCUT2D eigenvalue weighted by molar-refractivity contribution is -0.208. The van der Waals surface area contributed by atoms with Crippen LogP contribution < -0.4 is 10.1 Å². The molecule has 11 heteroatoms. The van der Waals surface area contributed by atoms with Gasteiger partial charge in [0.2, 0.25) is 0 Å². The molecule has 3 N–H and O–H groups in total. The fourth-order valence-corrected chi connectivity index (χ4v) is 5.46. The molecule has 42 heavy (non-hydrogen) atoms. The van der Waals surface area contributed by atoms with Crippen molar-refractivity contribution in [3.05, 3.63) is 78.1 Å². The summed E-state index contributed by atoms with van der Waals surface area (Å²) < 4.78 is 44.0. The molecule has 1 aliphatic heterocycles. The van der Waals surface area contributed by atoms with Gasteiger partial charge >= 0.3 is 6.18 Å². The standard InChI is InChI=1S/C31H32F3N5O3/c32-31(33,34)27(40)18-39-15-12-23(13-16-39)42-22-9-6-19(7-10-22)28-24-17-21(8-11-25(24)37-38-28)30(41)36-29(20-4-5-20)26-3-1-2-14-35-26/h1-3,6-11,14,17,20,23,27,29,40H,4-5,12-13,15-16,18H2,(H,36,41)(H,37,38)/t27-,29?/m1/s1. The lowest BCUT2D eigenvalue weighted by atomic mass is 10.0. The number of benzene rings is 2. The third-order valence-corrected chi connectivity index (χ3v) is 7.99. The van der Waals surface area contributed by atoms with Crippen molar-refractivity contribution < 1.29 is 27.8 Å². The molecule has 1 amide bonds. The second kappa shape index (κ2) is 11.7. The Hall–Kier alpha value is -3.96. The zero-order valence-electron chi connectivity index (χ0n) is 22.8. The Bertz CT molecular complexity index is 1510. The number of aliphatic hydroxyl groups is 1. The number of ether oxygens (including phenoxy) is 1. The van der Waals surface area contributed by atoms with E-state index in [2.05, 4.69) is 20.5 Å². The minimum Gasteiger partial charge on any atom is -0.490 e. The number of aromatic nitrogens is 3. The van der Waals surface area contributed by atoms with Gasteiger partial charge < -0.3 is 20.1 Å². The molecule has 0 bridgehead atoms.